The molecule has 132 valence electrons. The maximum Gasteiger partial charge on any atom is 0.191 e. The van der Waals surface area contributed by atoms with Crippen LogP contribution in [0.2, 0.25) is 0 Å². The maximum atomic E-state index is 13.1. The summed E-state index contributed by atoms with van der Waals surface area (Å²) in [6.07, 6.45) is 2.09. The number of rotatable bonds is 8. The summed E-state index contributed by atoms with van der Waals surface area (Å²) in [5.74, 6) is 1.65. The van der Waals surface area contributed by atoms with Gasteiger partial charge in [0.15, 0.2) is 5.96 Å². The van der Waals surface area contributed by atoms with Crippen LogP contribution in [0.25, 0.3) is 0 Å². The third kappa shape index (κ3) is 8.76. The van der Waals surface area contributed by atoms with Gasteiger partial charge >= 0.3 is 0 Å². The van der Waals surface area contributed by atoms with Crippen LogP contribution in [-0.4, -0.2) is 56.6 Å². The zero-order valence-electron chi connectivity index (χ0n) is 14.3. The highest BCUT2D eigenvalue weighted by molar-refractivity contribution is 14.0. The van der Waals surface area contributed by atoms with Crippen molar-refractivity contribution in [3.8, 4) is 0 Å². The minimum absolute atomic E-state index is 0. The summed E-state index contributed by atoms with van der Waals surface area (Å²) in [7, 11) is 4.02. The van der Waals surface area contributed by atoms with Crippen molar-refractivity contribution in [3.63, 3.8) is 0 Å². The lowest BCUT2D eigenvalue weighted by atomic mass is 10.1. The highest BCUT2D eigenvalue weighted by Gasteiger charge is 2.14. The number of nitrogens with zero attached hydrogens (tertiary/aromatic N) is 2. The zero-order valence-corrected chi connectivity index (χ0v) is 17.5. The summed E-state index contributed by atoms with van der Waals surface area (Å²) in [6.45, 7) is 4.38. The van der Waals surface area contributed by atoms with Crippen LogP contribution in [0.4, 0.5) is 4.39 Å². The van der Waals surface area contributed by atoms with Gasteiger partial charge in [0, 0.05) is 18.8 Å². The average Bonchev–Trinajstić information content (AvgIpc) is 2.49. The second-order valence-corrected chi connectivity index (χ2v) is 6.16. The number of hydrogen-bond acceptors (Lipinski definition) is 3. The molecule has 0 radical (unpaired) electrons. The Bertz CT molecular complexity index is 454. The van der Waals surface area contributed by atoms with E-state index in [-0.39, 0.29) is 35.8 Å². The Labute approximate surface area is 160 Å². The van der Waals surface area contributed by atoms with Crippen LogP contribution in [0.3, 0.4) is 0 Å². The first-order valence-corrected chi connectivity index (χ1v) is 8.90. The van der Waals surface area contributed by atoms with Crippen molar-refractivity contribution in [2.24, 2.45) is 4.99 Å². The number of thioether (sulfide) groups is 1. The van der Waals surface area contributed by atoms with Gasteiger partial charge in [0.2, 0.25) is 0 Å². The second kappa shape index (κ2) is 12.8. The lowest BCUT2D eigenvalue weighted by Gasteiger charge is -2.23. The van der Waals surface area contributed by atoms with Gasteiger partial charge in [-0.05, 0) is 45.0 Å². The SMILES string of the molecule is CCNC(=NCC(c1ccc(F)cc1)N(C)C)NCCSC.I. The van der Waals surface area contributed by atoms with Crippen LogP contribution < -0.4 is 10.6 Å². The maximum absolute atomic E-state index is 13.1. The van der Waals surface area contributed by atoms with E-state index in [1.807, 2.05) is 26.2 Å². The first-order valence-electron chi connectivity index (χ1n) is 7.51. The molecule has 0 amide bonds. The third-order valence-electron chi connectivity index (χ3n) is 3.24. The van der Waals surface area contributed by atoms with Gasteiger partial charge in [-0.3, -0.25) is 4.99 Å². The number of guanidine groups is 1. The molecule has 0 aliphatic carbocycles. The Morgan fingerprint density at radius 1 is 1.26 bits per heavy atom. The van der Waals surface area contributed by atoms with Gasteiger partial charge in [0.25, 0.3) is 0 Å². The Morgan fingerprint density at radius 3 is 2.43 bits per heavy atom. The molecule has 0 spiro atoms. The molecule has 0 fully saturated rings. The summed E-state index contributed by atoms with van der Waals surface area (Å²) in [5, 5.41) is 6.56. The van der Waals surface area contributed by atoms with Crippen molar-refractivity contribution < 1.29 is 4.39 Å². The smallest absolute Gasteiger partial charge is 0.191 e. The summed E-state index contributed by atoms with van der Waals surface area (Å²) >= 11 is 1.80. The highest BCUT2D eigenvalue weighted by Crippen LogP contribution is 2.18. The third-order valence-corrected chi connectivity index (χ3v) is 3.86. The van der Waals surface area contributed by atoms with Gasteiger partial charge in [-0.2, -0.15) is 11.8 Å². The van der Waals surface area contributed by atoms with Crippen LogP contribution in [-0.2, 0) is 0 Å². The number of aliphatic imine (C=N–C) groups is 1. The van der Waals surface area contributed by atoms with Crippen molar-refractivity contribution in [1.29, 1.82) is 0 Å². The van der Waals surface area contributed by atoms with Crippen molar-refractivity contribution in [2.45, 2.75) is 13.0 Å². The van der Waals surface area contributed by atoms with Crippen LogP contribution in [0.1, 0.15) is 18.5 Å². The van der Waals surface area contributed by atoms with Gasteiger partial charge in [0.05, 0.1) is 12.6 Å². The molecule has 7 heteroatoms. The van der Waals surface area contributed by atoms with E-state index in [1.165, 1.54) is 12.1 Å². The molecule has 4 nitrogen and oxygen atoms in total. The fourth-order valence-electron chi connectivity index (χ4n) is 2.04. The quantitative estimate of drug-likeness (QED) is 0.274. The van der Waals surface area contributed by atoms with Crippen molar-refractivity contribution in [3.05, 3.63) is 35.6 Å². The molecule has 0 aliphatic heterocycles. The minimum Gasteiger partial charge on any atom is -0.357 e. The Kier molecular flexibility index (Phi) is 12.5. The number of likely N-dealkylation sites (N-methyl/N-ethyl adjacent to an activating group) is 1. The topological polar surface area (TPSA) is 39.7 Å². The molecule has 1 unspecified atom stereocenters. The average molecular weight is 454 g/mol. The van der Waals surface area contributed by atoms with E-state index in [0.717, 1.165) is 30.4 Å². The van der Waals surface area contributed by atoms with Crippen LogP contribution >= 0.6 is 35.7 Å². The van der Waals surface area contributed by atoms with Crippen LogP contribution in [0.15, 0.2) is 29.3 Å². The lowest BCUT2D eigenvalue weighted by Crippen LogP contribution is -2.39. The summed E-state index contributed by atoms with van der Waals surface area (Å²) in [4.78, 5) is 6.75. The van der Waals surface area contributed by atoms with Crippen molar-refractivity contribution in [1.82, 2.24) is 15.5 Å². The molecule has 0 saturated heterocycles. The molecule has 0 aliphatic rings. The van der Waals surface area contributed by atoms with Crippen LogP contribution in [0, 0.1) is 5.82 Å². The first-order chi connectivity index (χ1) is 10.6. The molecule has 2 N–H and O–H groups in total. The predicted octanol–water partition coefficient (Wildman–Crippen LogP) is 2.96. The van der Waals surface area contributed by atoms with Crippen molar-refractivity contribution >= 4 is 41.7 Å². The molecule has 1 aromatic carbocycles. The van der Waals surface area contributed by atoms with E-state index in [1.54, 1.807) is 11.8 Å². The number of benzene rings is 1. The van der Waals surface area contributed by atoms with E-state index >= 15 is 0 Å². The molecule has 0 aromatic heterocycles. The van der Waals surface area contributed by atoms with Gasteiger partial charge in [-0.25, -0.2) is 4.39 Å². The standard InChI is InChI=1S/C16H27FN4S.HI/c1-5-18-16(19-10-11-22-4)20-12-15(21(2)3)13-6-8-14(17)9-7-13;/h6-9,15H,5,10-12H2,1-4H3,(H2,18,19,20);1H. The molecular formula is C16H28FIN4S. The summed E-state index contributed by atoms with van der Waals surface area (Å²) < 4.78 is 13.1. The fourth-order valence-corrected chi connectivity index (χ4v) is 2.35. The Morgan fingerprint density at radius 2 is 1.91 bits per heavy atom. The molecule has 1 aromatic rings. The van der Waals surface area contributed by atoms with Gasteiger partial charge < -0.3 is 15.5 Å². The van der Waals surface area contributed by atoms with E-state index in [4.69, 9.17) is 0 Å². The number of nitrogens with one attached hydrogen (secondary N) is 2. The minimum atomic E-state index is -0.211. The molecule has 0 saturated carbocycles. The second-order valence-electron chi connectivity index (χ2n) is 5.17. The molecule has 1 atom stereocenters. The fraction of sp³-hybridized carbons (Fsp3) is 0.562. The number of hydrogen-bond donors (Lipinski definition) is 2. The summed E-state index contributed by atoms with van der Waals surface area (Å²) in [5.41, 5.74) is 1.06. The molecular weight excluding hydrogens is 426 g/mol. The molecule has 0 bridgehead atoms. The van der Waals surface area contributed by atoms with Gasteiger partial charge in [0.1, 0.15) is 5.82 Å². The Hall–Kier alpha value is -0.540. The van der Waals surface area contributed by atoms with E-state index in [0.29, 0.717) is 6.54 Å². The molecule has 0 heterocycles. The molecule has 1 rings (SSSR count). The van der Waals surface area contributed by atoms with E-state index < -0.39 is 0 Å². The Balaban J connectivity index is 0.00000484. The monoisotopic (exact) mass is 454 g/mol. The molecule has 23 heavy (non-hydrogen) atoms. The van der Waals surface area contributed by atoms with Crippen LogP contribution in [0.5, 0.6) is 0 Å². The first kappa shape index (κ1) is 22.5. The predicted molar refractivity (Wildman–Crippen MR) is 111 cm³/mol. The van der Waals surface area contributed by atoms with Gasteiger partial charge in [-0.15, -0.1) is 24.0 Å². The number of halogens is 2. The zero-order chi connectivity index (χ0) is 16.4. The lowest BCUT2D eigenvalue weighted by molar-refractivity contribution is 0.306. The van der Waals surface area contributed by atoms with Gasteiger partial charge in [-0.1, -0.05) is 12.1 Å². The highest BCUT2D eigenvalue weighted by atomic mass is 127. The van der Waals surface area contributed by atoms with Crippen molar-refractivity contribution in [2.75, 3.05) is 45.7 Å². The van der Waals surface area contributed by atoms with E-state index in [9.17, 15) is 4.39 Å². The van der Waals surface area contributed by atoms with E-state index in [2.05, 4.69) is 33.7 Å². The largest absolute Gasteiger partial charge is 0.357 e. The summed E-state index contributed by atoms with van der Waals surface area (Å²) in [6, 6.07) is 6.76. The normalized spacial score (nSPS) is 12.7.